The molecule has 16 heavy (non-hydrogen) atoms. The molecule has 1 amide bonds. The number of amides is 1. The summed E-state index contributed by atoms with van der Waals surface area (Å²) in [6, 6.07) is 3.78. The van der Waals surface area contributed by atoms with Crippen molar-refractivity contribution in [2.24, 2.45) is 0 Å². The van der Waals surface area contributed by atoms with Crippen molar-refractivity contribution in [3.05, 3.63) is 23.9 Å². The Kier molecular flexibility index (Phi) is 5.28. The number of hydrogen-bond acceptors (Lipinski definition) is 4. The van der Waals surface area contributed by atoms with E-state index in [9.17, 15) is 4.79 Å². The zero-order valence-electron chi connectivity index (χ0n) is 9.62. The third-order valence-corrected chi connectivity index (χ3v) is 2.15. The molecular weight excluding hydrogens is 206 g/mol. The molecular formula is C11H17N3O2. The van der Waals surface area contributed by atoms with Crippen molar-refractivity contribution in [1.82, 2.24) is 15.6 Å². The maximum atomic E-state index is 10.9. The molecule has 1 heterocycles. The van der Waals surface area contributed by atoms with E-state index >= 15 is 0 Å². The van der Waals surface area contributed by atoms with E-state index in [1.807, 2.05) is 12.1 Å². The lowest BCUT2D eigenvalue weighted by molar-refractivity contribution is -0.120. The van der Waals surface area contributed by atoms with Crippen LogP contribution in [0, 0.1) is 0 Å². The summed E-state index contributed by atoms with van der Waals surface area (Å²) in [5.41, 5.74) is 1.09. The number of rotatable bonds is 6. The van der Waals surface area contributed by atoms with Crippen LogP contribution in [0.2, 0.25) is 0 Å². The summed E-state index contributed by atoms with van der Waals surface area (Å²) < 4.78 is 5.01. The average molecular weight is 223 g/mol. The largest absolute Gasteiger partial charge is 0.481 e. The van der Waals surface area contributed by atoms with Crippen LogP contribution in [0.25, 0.3) is 0 Å². The summed E-state index contributed by atoms with van der Waals surface area (Å²) in [6.45, 7) is 1.36. The number of pyridine rings is 1. The van der Waals surface area contributed by atoms with Crippen molar-refractivity contribution in [2.75, 3.05) is 20.7 Å². The van der Waals surface area contributed by atoms with Crippen LogP contribution in [0.5, 0.6) is 5.88 Å². The second-order valence-electron chi connectivity index (χ2n) is 3.31. The number of nitrogens with zero attached hydrogens (tertiary/aromatic N) is 1. The maximum Gasteiger partial charge on any atom is 0.221 e. The maximum absolute atomic E-state index is 10.9. The fourth-order valence-corrected chi connectivity index (χ4v) is 1.23. The number of aromatic nitrogens is 1. The molecule has 0 unspecified atom stereocenters. The summed E-state index contributed by atoms with van der Waals surface area (Å²) in [7, 11) is 3.22. The minimum Gasteiger partial charge on any atom is -0.481 e. The van der Waals surface area contributed by atoms with E-state index in [-0.39, 0.29) is 5.91 Å². The van der Waals surface area contributed by atoms with E-state index < -0.39 is 0 Å². The Morgan fingerprint density at radius 3 is 3.06 bits per heavy atom. The van der Waals surface area contributed by atoms with Crippen molar-refractivity contribution in [3.63, 3.8) is 0 Å². The number of hydrogen-bond donors (Lipinski definition) is 2. The minimum atomic E-state index is 0.0415. The van der Waals surface area contributed by atoms with Gasteiger partial charge in [0.05, 0.1) is 7.11 Å². The van der Waals surface area contributed by atoms with Crippen LogP contribution in [0.15, 0.2) is 18.3 Å². The lowest BCUT2D eigenvalue weighted by Crippen LogP contribution is -2.24. The second-order valence-corrected chi connectivity index (χ2v) is 3.31. The Bertz CT molecular complexity index is 342. The number of ether oxygens (including phenoxy) is 1. The summed E-state index contributed by atoms with van der Waals surface area (Å²) >= 11 is 0. The van der Waals surface area contributed by atoms with Gasteiger partial charge in [0.1, 0.15) is 0 Å². The molecule has 1 aromatic heterocycles. The molecule has 5 nitrogen and oxygen atoms in total. The topological polar surface area (TPSA) is 63.2 Å². The standard InChI is InChI=1S/C11H17N3O2/c1-12-10(15)4-5-13-8-9-3-6-14-11(7-9)16-2/h3,6-7,13H,4-5,8H2,1-2H3,(H,12,15). The van der Waals surface area contributed by atoms with Crippen molar-refractivity contribution >= 4 is 5.91 Å². The number of nitrogens with one attached hydrogen (secondary N) is 2. The van der Waals surface area contributed by atoms with Crippen LogP contribution in [0.1, 0.15) is 12.0 Å². The Morgan fingerprint density at radius 1 is 1.56 bits per heavy atom. The van der Waals surface area contributed by atoms with Gasteiger partial charge in [-0.05, 0) is 11.6 Å². The molecule has 0 radical (unpaired) electrons. The zero-order valence-corrected chi connectivity index (χ0v) is 9.62. The summed E-state index contributed by atoms with van der Waals surface area (Å²) in [5.74, 6) is 0.644. The first-order valence-corrected chi connectivity index (χ1v) is 5.16. The lowest BCUT2D eigenvalue weighted by Gasteiger charge is -2.05. The highest BCUT2D eigenvalue weighted by Gasteiger charge is 1.98. The van der Waals surface area contributed by atoms with Crippen LogP contribution >= 0.6 is 0 Å². The molecule has 0 spiro atoms. The molecule has 2 N–H and O–H groups in total. The monoisotopic (exact) mass is 223 g/mol. The predicted molar refractivity (Wildman–Crippen MR) is 61.2 cm³/mol. The Hall–Kier alpha value is -1.62. The summed E-state index contributed by atoms with van der Waals surface area (Å²) in [5, 5.41) is 5.75. The molecule has 1 aromatic rings. The smallest absolute Gasteiger partial charge is 0.221 e. The highest BCUT2D eigenvalue weighted by molar-refractivity contribution is 5.75. The van der Waals surface area contributed by atoms with Crippen molar-refractivity contribution in [2.45, 2.75) is 13.0 Å². The third kappa shape index (κ3) is 4.27. The van der Waals surface area contributed by atoms with Gasteiger partial charge in [0, 0.05) is 38.8 Å². The molecule has 0 saturated carbocycles. The van der Waals surface area contributed by atoms with Gasteiger partial charge in [-0.1, -0.05) is 0 Å². The van der Waals surface area contributed by atoms with Gasteiger partial charge >= 0.3 is 0 Å². The van der Waals surface area contributed by atoms with Gasteiger partial charge in [-0.25, -0.2) is 4.98 Å². The van der Waals surface area contributed by atoms with Crippen LogP contribution in [-0.2, 0) is 11.3 Å². The van der Waals surface area contributed by atoms with Gasteiger partial charge in [-0.3, -0.25) is 4.79 Å². The molecule has 88 valence electrons. The first kappa shape index (κ1) is 12.4. The van der Waals surface area contributed by atoms with E-state index in [0.717, 1.165) is 5.56 Å². The van der Waals surface area contributed by atoms with Gasteiger partial charge in [-0.15, -0.1) is 0 Å². The number of carbonyl (C=O) groups excluding carboxylic acids is 1. The average Bonchev–Trinajstić information content (AvgIpc) is 2.34. The summed E-state index contributed by atoms with van der Waals surface area (Å²) in [4.78, 5) is 15.0. The first-order chi connectivity index (χ1) is 7.76. The van der Waals surface area contributed by atoms with Crippen molar-refractivity contribution in [1.29, 1.82) is 0 Å². The molecule has 1 rings (SSSR count). The van der Waals surface area contributed by atoms with E-state index in [0.29, 0.717) is 25.4 Å². The third-order valence-electron chi connectivity index (χ3n) is 2.15. The molecule has 0 aromatic carbocycles. The van der Waals surface area contributed by atoms with Gasteiger partial charge in [0.2, 0.25) is 11.8 Å². The quantitative estimate of drug-likeness (QED) is 0.682. The van der Waals surface area contributed by atoms with Gasteiger partial charge < -0.3 is 15.4 Å². The van der Waals surface area contributed by atoms with Gasteiger partial charge in [0.15, 0.2) is 0 Å². The SMILES string of the molecule is CNC(=O)CCNCc1ccnc(OC)c1. The molecule has 0 saturated heterocycles. The van der Waals surface area contributed by atoms with E-state index in [2.05, 4.69) is 15.6 Å². The molecule has 0 aliphatic carbocycles. The number of carbonyl (C=O) groups is 1. The van der Waals surface area contributed by atoms with Crippen LogP contribution < -0.4 is 15.4 Å². The summed E-state index contributed by atoms with van der Waals surface area (Å²) in [6.07, 6.45) is 2.19. The molecule has 0 atom stereocenters. The minimum absolute atomic E-state index is 0.0415. The number of methoxy groups -OCH3 is 1. The molecule has 0 aliphatic heterocycles. The van der Waals surface area contributed by atoms with Crippen LogP contribution in [0.4, 0.5) is 0 Å². The van der Waals surface area contributed by atoms with Crippen molar-refractivity contribution < 1.29 is 9.53 Å². The van der Waals surface area contributed by atoms with E-state index in [4.69, 9.17) is 4.74 Å². The van der Waals surface area contributed by atoms with E-state index in [1.165, 1.54) is 0 Å². The Morgan fingerprint density at radius 2 is 2.38 bits per heavy atom. The second kappa shape index (κ2) is 6.79. The molecule has 5 heteroatoms. The van der Waals surface area contributed by atoms with Gasteiger partial charge in [-0.2, -0.15) is 0 Å². The normalized spacial score (nSPS) is 9.88. The molecule has 0 fully saturated rings. The van der Waals surface area contributed by atoms with E-state index in [1.54, 1.807) is 20.4 Å². The fourth-order valence-electron chi connectivity index (χ4n) is 1.23. The molecule has 0 bridgehead atoms. The van der Waals surface area contributed by atoms with Crippen molar-refractivity contribution in [3.8, 4) is 5.88 Å². The predicted octanol–water partition coefficient (Wildman–Crippen LogP) is 0.316. The van der Waals surface area contributed by atoms with Gasteiger partial charge in [0.25, 0.3) is 0 Å². The fraction of sp³-hybridized carbons (Fsp3) is 0.455. The first-order valence-electron chi connectivity index (χ1n) is 5.16. The zero-order chi connectivity index (χ0) is 11.8. The van der Waals surface area contributed by atoms with Crippen LogP contribution in [0.3, 0.4) is 0 Å². The Labute approximate surface area is 95.2 Å². The highest BCUT2D eigenvalue weighted by atomic mass is 16.5. The molecule has 0 aliphatic rings. The lowest BCUT2D eigenvalue weighted by atomic mass is 10.2. The Balaban J connectivity index is 2.28. The highest BCUT2D eigenvalue weighted by Crippen LogP contribution is 2.07. The van der Waals surface area contributed by atoms with Crippen LogP contribution in [-0.4, -0.2) is 31.6 Å².